The number of aromatic nitrogens is 2. The Bertz CT molecular complexity index is 419. The van der Waals surface area contributed by atoms with E-state index in [1.165, 1.54) is 6.33 Å². The molecule has 0 aromatic carbocycles. The number of hydrogen-bond acceptors (Lipinski definition) is 4. The van der Waals surface area contributed by atoms with E-state index >= 15 is 0 Å². The number of hydrogen-bond donors (Lipinski definition) is 2. The fourth-order valence-electron chi connectivity index (χ4n) is 1.35. The molecule has 6 nitrogen and oxygen atoms in total. The van der Waals surface area contributed by atoms with Gasteiger partial charge in [0.15, 0.2) is 11.6 Å². The highest BCUT2D eigenvalue weighted by molar-refractivity contribution is 7.66. The van der Waals surface area contributed by atoms with Crippen LogP contribution in [0, 0.1) is 0 Å². The summed E-state index contributed by atoms with van der Waals surface area (Å²) in [5, 5.41) is 5.74. The average Bonchev–Trinajstić information content (AvgIpc) is 2.36. The van der Waals surface area contributed by atoms with Gasteiger partial charge >= 0.3 is 0 Å². The van der Waals surface area contributed by atoms with Crippen LogP contribution >= 0.6 is 7.44 Å². The fraction of sp³-hybridized carbons (Fsp3) is 0.429. The molecule has 0 aliphatic carbocycles. The monoisotopic (exact) mass is 213 g/mol. The van der Waals surface area contributed by atoms with E-state index in [0.717, 1.165) is 5.82 Å². The van der Waals surface area contributed by atoms with Crippen molar-refractivity contribution < 1.29 is 4.57 Å². The summed E-state index contributed by atoms with van der Waals surface area (Å²) in [5.74, 6) is 1.34. The topological polar surface area (TPSA) is 70.2 Å². The van der Waals surface area contributed by atoms with Gasteiger partial charge in [-0.05, 0) is 0 Å². The van der Waals surface area contributed by atoms with Crippen molar-refractivity contribution in [2.75, 3.05) is 35.8 Å². The zero-order valence-electron chi connectivity index (χ0n) is 8.27. The molecule has 1 aliphatic rings. The SMILES string of the molecule is CN(C)c1ncnc2c1NP(C)(=O)N2. The van der Waals surface area contributed by atoms with Crippen LogP contribution in [0.2, 0.25) is 0 Å². The predicted octanol–water partition coefficient (Wildman–Crippen LogP) is 1.20. The van der Waals surface area contributed by atoms with Gasteiger partial charge in [0.25, 0.3) is 7.44 Å². The molecule has 7 heteroatoms. The van der Waals surface area contributed by atoms with Gasteiger partial charge in [0, 0.05) is 20.8 Å². The Balaban J connectivity index is 2.52. The number of nitrogens with zero attached hydrogens (tertiary/aromatic N) is 3. The second-order valence-corrected chi connectivity index (χ2v) is 5.76. The van der Waals surface area contributed by atoms with Gasteiger partial charge in [-0.1, -0.05) is 0 Å². The highest BCUT2D eigenvalue weighted by Gasteiger charge is 2.29. The lowest BCUT2D eigenvalue weighted by Crippen LogP contribution is -2.12. The molecule has 14 heavy (non-hydrogen) atoms. The van der Waals surface area contributed by atoms with Crippen molar-refractivity contribution in [3.8, 4) is 0 Å². The standard InChI is InChI=1S/C7H12N5OP/c1-12(2)7-5-6(8-4-9-7)11-14(3,13)10-5/h4H,1-3H3,(H2,8,9,10,11,13). The number of fused-ring (bicyclic) bond motifs is 1. The molecule has 1 aromatic heterocycles. The highest BCUT2D eigenvalue weighted by atomic mass is 31.2. The Morgan fingerprint density at radius 2 is 2.07 bits per heavy atom. The predicted molar refractivity (Wildman–Crippen MR) is 57.1 cm³/mol. The van der Waals surface area contributed by atoms with Crippen molar-refractivity contribution in [1.29, 1.82) is 0 Å². The minimum atomic E-state index is -2.52. The van der Waals surface area contributed by atoms with E-state index in [9.17, 15) is 4.57 Å². The van der Waals surface area contributed by atoms with Crippen molar-refractivity contribution in [2.45, 2.75) is 0 Å². The lowest BCUT2D eigenvalue weighted by Gasteiger charge is -2.13. The van der Waals surface area contributed by atoms with Crippen LogP contribution in [0.4, 0.5) is 17.3 Å². The summed E-state index contributed by atoms with van der Waals surface area (Å²) in [4.78, 5) is 9.97. The van der Waals surface area contributed by atoms with Crippen LogP contribution < -0.4 is 15.1 Å². The fourth-order valence-corrected chi connectivity index (χ4v) is 2.61. The molecule has 0 saturated heterocycles. The summed E-state index contributed by atoms with van der Waals surface area (Å²) in [6, 6.07) is 0. The molecule has 0 radical (unpaired) electrons. The van der Waals surface area contributed by atoms with E-state index in [1.807, 2.05) is 19.0 Å². The first-order valence-corrected chi connectivity index (χ1v) is 6.31. The summed E-state index contributed by atoms with van der Waals surface area (Å²) >= 11 is 0. The molecule has 1 aliphatic heterocycles. The molecule has 2 N–H and O–H groups in total. The van der Waals surface area contributed by atoms with E-state index in [0.29, 0.717) is 11.5 Å². The number of anilines is 3. The Kier molecular flexibility index (Phi) is 1.89. The molecule has 0 saturated carbocycles. The molecule has 0 bridgehead atoms. The molecule has 76 valence electrons. The van der Waals surface area contributed by atoms with Gasteiger partial charge in [0.1, 0.15) is 12.0 Å². The highest BCUT2D eigenvalue weighted by Crippen LogP contribution is 2.52. The van der Waals surface area contributed by atoms with Crippen LogP contribution in [0.5, 0.6) is 0 Å². The Hall–Kier alpha value is -1.29. The molecule has 0 amide bonds. The molecular weight excluding hydrogens is 201 g/mol. The van der Waals surface area contributed by atoms with Gasteiger partial charge in [-0.3, -0.25) is 4.57 Å². The average molecular weight is 213 g/mol. The third-order valence-electron chi connectivity index (χ3n) is 1.90. The lowest BCUT2D eigenvalue weighted by atomic mass is 10.4. The van der Waals surface area contributed by atoms with Crippen LogP contribution in [0.25, 0.3) is 0 Å². The van der Waals surface area contributed by atoms with E-state index < -0.39 is 7.44 Å². The molecule has 1 unspecified atom stereocenters. The van der Waals surface area contributed by atoms with Gasteiger partial charge in [-0.25, -0.2) is 9.97 Å². The van der Waals surface area contributed by atoms with Crippen LogP contribution in [0.15, 0.2) is 6.33 Å². The normalized spacial score (nSPS) is 23.6. The third-order valence-corrected chi connectivity index (χ3v) is 3.18. The maximum absolute atomic E-state index is 11.7. The lowest BCUT2D eigenvalue weighted by molar-refractivity contribution is 0.586. The maximum Gasteiger partial charge on any atom is 0.256 e. The number of rotatable bonds is 1. The minimum Gasteiger partial charge on any atom is -0.361 e. The molecule has 1 atom stereocenters. The second kappa shape index (κ2) is 2.85. The first-order valence-electron chi connectivity index (χ1n) is 4.16. The Morgan fingerprint density at radius 1 is 1.36 bits per heavy atom. The molecule has 1 aromatic rings. The molecular formula is C7H12N5OP. The van der Waals surface area contributed by atoms with Gasteiger partial charge in [-0.2, -0.15) is 0 Å². The second-order valence-electron chi connectivity index (χ2n) is 3.46. The minimum absolute atomic E-state index is 0.606. The summed E-state index contributed by atoms with van der Waals surface area (Å²) in [6.07, 6.45) is 1.45. The van der Waals surface area contributed by atoms with E-state index in [4.69, 9.17) is 0 Å². The zero-order chi connectivity index (χ0) is 10.3. The van der Waals surface area contributed by atoms with Crippen LogP contribution in [-0.2, 0) is 4.57 Å². The van der Waals surface area contributed by atoms with Gasteiger partial charge < -0.3 is 15.1 Å². The summed E-state index contributed by atoms with van der Waals surface area (Å²) in [6.45, 7) is 1.62. The van der Waals surface area contributed by atoms with E-state index in [-0.39, 0.29) is 0 Å². The van der Waals surface area contributed by atoms with Crippen molar-refractivity contribution in [3.63, 3.8) is 0 Å². The van der Waals surface area contributed by atoms with Crippen molar-refractivity contribution in [2.24, 2.45) is 0 Å². The number of nitrogens with one attached hydrogen (secondary N) is 2. The van der Waals surface area contributed by atoms with Crippen LogP contribution in [0.1, 0.15) is 0 Å². The smallest absolute Gasteiger partial charge is 0.256 e. The van der Waals surface area contributed by atoms with Crippen LogP contribution in [0.3, 0.4) is 0 Å². The van der Waals surface area contributed by atoms with Gasteiger partial charge in [0.05, 0.1) is 0 Å². The Morgan fingerprint density at radius 3 is 2.71 bits per heavy atom. The van der Waals surface area contributed by atoms with Gasteiger partial charge in [0.2, 0.25) is 0 Å². The van der Waals surface area contributed by atoms with Crippen molar-refractivity contribution >= 4 is 24.8 Å². The maximum atomic E-state index is 11.7. The summed E-state index contributed by atoms with van der Waals surface area (Å²) in [5.41, 5.74) is 0.711. The largest absolute Gasteiger partial charge is 0.361 e. The zero-order valence-corrected chi connectivity index (χ0v) is 9.17. The van der Waals surface area contributed by atoms with E-state index in [2.05, 4.69) is 20.1 Å². The molecule has 2 rings (SSSR count). The molecule has 0 spiro atoms. The molecule has 0 fully saturated rings. The summed E-state index contributed by atoms with van der Waals surface area (Å²) in [7, 11) is 1.24. The first-order chi connectivity index (χ1) is 6.49. The third kappa shape index (κ3) is 1.42. The van der Waals surface area contributed by atoms with E-state index in [1.54, 1.807) is 6.66 Å². The van der Waals surface area contributed by atoms with Crippen molar-refractivity contribution in [3.05, 3.63) is 6.33 Å². The molecule has 2 heterocycles. The van der Waals surface area contributed by atoms with Crippen LogP contribution in [-0.4, -0.2) is 30.7 Å². The van der Waals surface area contributed by atoms with Gasteiger partial charge in [-0.15, -0.1) is 0 Å². The van der Waals surface area contributed by atoms with Crippen molar-refractivity contribution in [1.82, 2.24) is 9.97 Å². The first kappa shape index (κ1) is 9.27. The Labute approximate surface area is 82.2 Å². The summed E-state index contributed by atoms with van der Waals surface area (Å²) < 4.78 is 11.7. The quantitative estimate of drug-likeness (QED) is 0.683.